The summed E-state index contributed by atoms with van der Waals surface area (Å²) in [4.78, 5) is 4.47. The summed E-state index contributed by atoms with van der Waals surface area (Å²) in [6, 6.07) is 12.9. The molecule has 3 aromatic rings. The van der Waals surface area contributed by atoms with Gasteiger partial charge in [-0.25, -0.2) is 9.37 Å². The average Bonchev–Trinajstić information content (AvgIpc) is 2.44. The second-order valence-electron chi connectivity index (χ2n) is 4.65. The van der Waals surface area contributed by atoms with Gasteiger partial charge in [-0.3, -0.25) is 0 Å². The summed E-state index contributed by atoms with van der Waals surface area (Å²) in [7, 11) is 0. The van der Waals surface area contributed by atoms with E-state index in [2.05, 4.69) is 20.9 Å². The second kappa shape index (κ2) is 4.87. The van der Waals surface area contributed by atoms with Crippen molar-refractivity contribution in [1.82, 2.24) is 4.98 Å². The zero-order chi connectivity index (χ0) is 14.3. The van der Waals surface area contributed by atoms with E-state index < -0.39 is 0 Å². The molecule has 3 rings (SSSR count). The number of nitrogens with two attached hydrogens (primary N) is 1. The van der Waals surface area contributed by atoms with Gasteiger partial charge in [0.2, 0.25) is 0 Å². The van der Waals surface area contributed by atoms with Crippen molar-refractivity contribution in [2.45, 2.75) is 6.92 Å². The molecule has 0 fully saturated rings. The first kappa shape index (κ1) is 13.1. The highest BCUT2D eigenvalue weighted by Gasteiger charge is 2.14. The fraction of sp³-hybridized carbons (Fsp3) is 0.0625. The summed E-state index contributed by atoms with van der Waals surface area (Å²) in [5.41, 5.74) is 9.54. The first-order valence-corrected chi connectivity index (χ1v) is 6.97. The fourth-order valence-corrected chi connectivity index (χ4v) is 2.72. The van der Waals surface area contributed by atoms with Crippen molar-refractivity contribution in [3.8, 4) is 11.3 Å². The first-order chi connectivity index (χ1) is 9.58. The van der Waals surface area contributed by atoms with Crippen LogP contribution in [-0.2, 0) is 0 Å². The van der Waals surface area contributed by atoms with E-state index in [1.54, 1.807) is 6.07 Å². The minimum Gasteiger partial charge on any atom is -0.398 e. The van der Waals surface area contributed by atoms with E-state index in [0.717, 1.165) is 16.8 Å². The van der Waals surface area contributed by atoms with Gasteiger partial charge in [-0.1, -0.05) is 46.3 Å². The summed E-state index contributed by atoms with van der Waals surface area (Å²) in [6.07, 6.45) is 0. The van der Waals surface area contributed by atoms with Crippen LogP contribution < -0.4 is 5.73 Å². The van der Waals surface area contributed by atoms with Crippen LogP contribution in [0, 0.1) is 12.7 Å². The fourth-order valence-electron chi connectivity index (χ4n) is 2.29. The summed E-state index contributed by atoms with van der Waals surface area (Å²) in [6.45, 7) is 1.91. The molecule has 2 N–H and O–H groups in total. The Labute approximate surface area is 124 Å². The number of rotatable bonds is 1. The van der Waals surface area contributed by atoms with Gasteiger partial charge in [-0.15, -0.1) is 0 Å². The zero-order valence-electron chi connectivity index (χ0n) is 10.8. The van der Waals surface area contributed by atoms with Gasteiger partial charge >= 0.3 is 0 Å². The van der Waals surface area contributed by atoms with Crippen LogP contribution in [0.3, 0.4) is 0 Å². The Balaban J connectivity index is 2.39. The number of halogens is 2. The van der Waals surface area contributed by atoms with E-state index in [1.807, 2.05) is 37.3 Å². The third-order valence-corrected chi connectivity index (χ3v) is 3.81. The topological polar surface area (TPSA) is 38.9 Å². The molecule has 0 aliphatic rings. The number of hydrogen-bond donors (Lipinski definition) is 1. The van der Waals surface area contributed by atoms with Crippen molar-refractivity contribution in [3.63, 3.8) is 0 Å². The van der Waals surface area contributed by atoms with Crippen molar-refractivity contribution in [2.75, 3.05) is 5.73 Å². The summed E-state index contributed by atoms with van der Waals surface area (Å²) < 4.78 is 14.8. The van der Waals surface area contributed by atoms with Crippen molar-refractivity contribution in [2.24, 2.45) is 0 Å². The molecule has 0 unspecified atom stereocenters. The molecule has 4 heteroatoms. The molecule has 2 aromatic carbocycles. The van der Waals surface area contributed by atoms with Gasteiger partial charge < -0.3 is 5.73 Å². The Hall–Kier alpha value is -1.94. The van der Waals surface area contributed by atoms with Crippen molar-refractivity contribution in [1.29, 1.82) is 0 Å². The molecule has 0 amide bonds. The molecule has 20 heavy (non-hydrogen) atoms. The molecule has 0 spiro atoms. The summed E-state index contributed by atoms with van der Waals surface area (Å²) in [5.74, 6) is -0.377. The third-order valence-electron chi connectivity index (χ3n) is 3.35. The molecule has 0 saturated carbocycles. The standard InChI is InChI=1S/C16H12BrFN2/c1-9-14(19)12-7-11(17)8-13(18)16(12)20-15(9)10-5-3-2-4-6-10/h2-8H,1H3,(H2,19,20). The van der Waals surface area contributed by atoms with Gasteiger partial charge in [0.25, 0.3) is 0 Å². The molecule has 0 atom stereocenters. The molecular formula is C16H12BrFN2. The predicted octanol–water partition coefficient (Wildman–Crippen LogP) is 4.69. The predicted molar refractivity (Wildman–Crippen MR) is 84.0 cm³/mol. The third kappa shape index (κ3) is 2.06. The van der Waals surface area contributed by atoms with Gasteiger partial charge in [-0.2, -0.15) is 0 Å². The number of aromatic nitrogens is 1. The minimum absolute atomic E-state index is 0.301. The van der Waals surface area contributed by atoms with Gasteiger partial charge in [0.1, 0.15) is 5.52 Å². The van der Waals surface area contributed by atoms with E-state index in [9.17, 15) is 4.39 Å². The van der Waals surface area contributed by atoms with E-state index in [-0.39, 0.29) is 5.82 Å². The number of pyridine rings is 1. The average molecular weight is 331 g/mol. The highest BCUT2D eigenvalue weighted by atomic mass is 79.9. The summed E-state index contributed by atoms with van der Waals surface area (Å²) in [5, 5.41) is 0.633. The van der Waals surface area contributed by atoms with Gasteiger partial charge in [0.15, 0.2) is 5.82 Å². The van der Waals surface area contributed by atoms with Crippen molar-refractivity contribution >= 4 is 32.5 Å². The number of nitrogen functional groups attached to an aromatic ring is 1. The number of nitrogens with zero attached hydrogens (tertiary/aromatic N) is 1. The lowest BCUT2D eigenvalue weighted by Crippen LogP contribution is -1.99. The van der Waals surface area contributed by atoms with Crippen LogP contribution in [0.25, 0.3) is 22.2 Å². The summed E-state index contributed by atoms with van der Waals surface area (Å²) >= 11 is 3.28. The Morgan fingerprint density at radius 1 is 1.15 bits per heavy atom. The van der Waals surface area contributed by atoms with Crippen LogP contribution in [0.4, 0.5) is 10.1 Å². The first-order valence-electron chi connectivity index (χ1n) is 6.18. The lowest BCUT2D eigenvalue weighted by molar-refractivity contribution is 0.636. The van der Waals surface area contributed by atoms with Crippen LogP contribution in [0.15, 0.2) is 46.9 Å². The maximum Gasteiger partial charge on any atom is 0.150 e. The molecule has 0 aliphatic heterocycles. The molecule has 1 aromatic heterocycles. The lowest BCUT2D eigenvalue weighted by atomic mass is 10.0. The van der Waals surface area contributed by atoms with Crippen molar-refractivity contribution < 1.29 is 4.39 Å². The molecule has 0 bridgehead atoms. The Bertz CT molecular complexity index is 801. The van der Waals surface area contributed by atoms with Crippen molar-refractivity contribution in [3.05, 3.63) is 58.3 Å². The van der Waals surface area contributed by atoms with Crippen LogP contribution >= 0.6 is 15.9 Å². The number of anilines is 1. The molecule has 0 saturated heterocycles. The highest BCUT2D eigenvalue weighted by molar-refractivity contribution is 9.10. The van der Waals surface area contributed by atoms with E-state index in [0.29, 0.717) is 21.1 Å². The molecule has 100 valence electrons. The van der Waals surface area contributed by atoms with E-state index in [1.165, 1.54) is 6.07 Å². The molecule has 0 radical (unpaired) electrons. The van der Waals surface area contributed by atoms with Crippen LogP contribution in [0.2, 0.25) is 0 Å². The lowest BCUT2D eigenvalue weighted by Gasteiger charge is -2.12. The Morgan fingerprint density at radius 3 is 2.55 bits per heavy atom. The van der Waals surface area contributed by atoms with Gasteiger partial charge in [0.05, 0.1) is 5.69 Å². The number of hydrogen-bond acceptors (Lipinski definition) is 2. The smallest absolute Gasteiger partial charge is 0.150 e. The van der Waals surface area contributed by atoms with E-state index in [4.69, 9.17) is 5.73 Å². The monoisotopic (exact) mass is 330 g/mol. The maximum absolute atomic E-state index is 14.1. The quantitative estimate of drug-likeness (QED) is 0.702. The minimum atomic E-state index is -0.377. The van der Waals surface area contributed by atoms with Gasteiger partial charge in [0, 0.05) is 21.1 Å². The van der Waals surface area contributed by atoms with Crippen LogP contribution in [0.1, 0.15) is 5.56 Å². The number of benzene rings is 2. The van der Waals surface area contributed by atoms with Crippen LogP contribution in [0.5, 0.6) is 0 Å². The largest absolute Gasteiger partial charge is 0.398 e. The molecule has 1 heterocycles. The molecular weight excluding hydrogens is 319 g/mol. The van der Waals surface area contributed by atoms with Gasteiger partial charge in [-0.05, 0) is 24.6 Å². The second-order valence-corrected chi connectivity index (χ2v) is 5.56. The Morgan fingerprint density at radius 2 is 1.85 bits per heavy atom. The Kier molecular flexibility index (Phi) is 3.18. The highest BCUT2D eigenvalue weighted by Crippen LogP contribution is 2.33. The zero-order valence-corrected chi connectivity index (χ0v) is 12.4. The van der Waals surface area contributed by atoms with Crippen LogP contribution in [-0.4, -0.2) is 4.98 Å². The number of fused-ring (bicyclic) bond motifs is 1. The maximum atomic E-state index is 14.1. The normalized spacial score (nSPS) is 10.9. The molecule has 2 nitrogen and oxygen atoms in total. The van der Waals surface area contributed by atoms with E-state index >= 15 is 0 Å². The molecule has 0 aliphatic carbocycles. The SMILES string of the molecule is Cc1c(-c2ccccc2)nc2c(F)cc(Br)cc2c1N.